The van der Waals surface area contributed by atoms with Crippen LogP contribution in [0.15, 0.2) is 41.9 Å². The molecule has 0 bridgehead atoms. The quantitative estimate of drug-likeness (QED) is 0.796. The normalized spacial score (nSPS) is 14.0. The van der Waals surface area contributed by atoms with E-state index >= 15 is 0 Å². The van der Waals surface area contributed by atoms with E-state index in [2.05, 4.69) is 15.4 Å². The third-order valence-corrected chi connectivity index (χ3v) is 4.43. The Labute approximate surface area is 135 Å². The topological polar surface area (TPSA) is 59.8 Å². The van der Waals surface area contributed by atoms with Crippen molar-refractivity contribution in [3.63, 3.8) is 0 Å². The fourth-order valence-corrected chi connectivity index (χ4v) is 3.04. The van der Waals surface area contributed by atoms with Crippen molar-refractivity contribution < 1.29 is 9.18 Å². The summed E-state index contributed by atoms with van der Waals surface area (Å²) in [5, 5.41) is 9.57. The molecule has 2 heterocycles. The number of nitrogens with zero attached hydrogens (tertiary/aromatic N) is 3. The summed E-state index contributed by atoms with van der Waals surface area (Å²) in [5.41, 5.74) is 2.04. The zero-order valence-electron chi connectivity index (χ0n) is 12.1. The second-order valence-electron chi connectivity index (χ2n) is 5.43. The molecule has 1 N–H and O–H groups in total. The molecule has 116 valence electrons. The molecule has 5 nitrogen and oxygen atoms in total. The summed E-state index contributed by atoms with van der Waals surface area (Å²) in [5.74, 6) is -0.0498. The monoisotopic (exact) mass is 328 g/mol. The number of nitrogens with one attached hydrogen (secondary N) is 1. The van der Waals surface area contributed by atoms with Crippen LogP contribution in [0.2, 0.25) is 0 Å². The molecule has 0 spiro atoms. The van der Waals surface area contributed by atoms with Crippen LogP contribution in [0.25, 0.3) is 5.69 Å². The first-order valence-corrected chi connectivity index (χ1v) is 8.15. The lowest BCUT2D eigenvalue weighted by Gasteiger charge is -2.01. The van der Waals surface area contributed by atoms with E-state index in [1.54, 1.807) is 24.4 Å². The summed E-state index contributed by atoms with van der Waals surface area (Å²) < 4.78 is 14.5. The van der Waals surface area contributed by atoms with Crippen LogP contribution >= 0.6 is 11.3 Å². The minimum atomic E-state index is -0.311. The van der Waals surface area contributed by atoms with Crippen LogP contribution < -0.4 is 5.32 Å². The van der Waals surface area contributed by atoms with Gasteiger partial charge in [0.2, 0.25) is 0 Å². The second kappa shape index (κ2) is 5.58. The summed E-state index contributed by atoms with van der Waals surface area (Å²) in [6.07, 6.45) is 4.03. The number of carbonyl (C=O) groups excluding carboxylic acids is 1. The smallest absolute Gasteiger partial charge is 0.277 e. The van der Waals surface area contributed by atoms with Crippen LogP contribution in [-0.2, 0) is 0 Å². The van der Waals surface area contributed by atoms with Crippen molar-refractivity contribution in [1.29, 1.82) is 0 Å². The van der Waals surface area contributed by atoms with E-state index in [1.165, 1.54) is 41.0 Å². The third-order valence-electron chi connectivity index (χ3n) is 3.65. The average molecular weight is 328 g/mol. The molecule has 2 aromatic heterocycles. The van der Waals surface area contributed by atoms with Crippen molar-refractivity contribution in [3.05, 3.63) is 59.1 Å². The molecule has 1 amide bonds. The predicted octanol–water partition coefficient (Wildman–Crippen LogP) is 3.60. The molecular weight excluding hydrogens is 315 g/mol. The Hall–Kier alpha value is -2.54. The van der Waals surface area contributed by atoms with Gasteiger partial charge in [0.1, 0.15) is 5.82 Å². The highest BCUT2D eigenvalue weighted by molar-refractivity contribution is 7.14. The van der Waals surface area contributed by atoms with E-state index in [0.29, 0.717) is 16.7 Å². The van der Waals surface area contributed by atoms with E-state index in [0.717, 1.165) is 5.69 Å². The number of amides is 1. The minimum Gasteiger partial charge on any atom is -0.296 e. The molecule has 1 saturated carbocycles. The number of carbonyl (C=O) groups is 1. The zero-order chi connectivity index (χ0) is 15.8. The molecule has 0 radical (unpaired) electrons. The summed E-state index contributed by atoms with van der Waals surface area (Å²) >= 11 is 1.43. The van der Waals surface area contributed by atoms with Crippen LogP contribution in [0, 0.1) is 5.82 Å². The maximum Gasteiger partial charge on any atom is 0.277 e. The van der Waals surface area contributed by atoms with Crippen LogP contribution in [0.5, 0.6) is 0 Å². The van der Waals surface area contributed by atoms with Crippen molar-refractivity contribution in [2.24, 2.45) is 0 Å². The largest absolute Gasteiger partial charge is 0.296 e. The van der Waals surface area contributed by atoms with Crippen LogP contribution in [0.4, 0.5) is 9.52 Å². The number of rotatable bonds is 4. The highest BCUT2D eigenvalue weighted by atomic mass is 32.1. The van der Waals surface area contributed by atoms with Crippen LogP contribution in [0.1, 0.15) is 34.9 Å². The molecule has 0 atom stereocenters. The van der Waals surface area contributed by atoms with Crippen molar-refractivity contribution in [3.8, 4) is 5.69 Å². The fraction of sp³-hybridized carbons (Fsp3) is 0.188. The Morgan fingerprint density at radius 3 is 2.78 bits per heavy atom. The molecule has 1 aliphatic rings. The highest BCUT2D eigenvalue weighted by Gasteiger charge is 2.26. The summed E-state index contributed by atoms with van der Waals surface area (Å²) in [6.45, 7) is 0. The molecule has 1 aliphatic carbocycles. The number of halogens is 1. The number of hydrogen-bond acceptors (Lipinski definition) is 4. The molecule has 3 aromatic rings. The standard InChI is InChI=1S/C16H13FN4OS/c17-11-3-5-12(6-4-11)21-8-7-13(20-21)15(22)19-16-18-14(9-23-16)10-1-2-10/h3-10H,1-2H2,(H,18,19,22). The van der Waals surface area contributed by atoms with Crippen LogP contribution in [-0.4, -0.2) is 20.7 Å². The van der Waals surface area contributed by atoms with E-state index in [9.17, 15) is 9.18 Å². The minimum absolute atomic E-state index is 0.289. The van der Waals surface area contributed by atoms with Gasteiger partial charge in [-0.05, 0) is 43.2 Å². The number of benzene rings is 1. The number of thiazole rings is 1. The van der Waals surface area contributed by atoms with Gasteiger partial charge in [-0.1, -0.05) is 0 Å². The Balaban J connectivity index is 1.48. The van der Waals surface area contributed by atoms with E-state index in [4.69, 9.17) is 0 Å². The van der Waals surface area contributed by atoms with Gasteiger partial charge in [-0.25, -0.2) is 14.1 Å². The number of anilines is 1. The van der Waals surface area contributed by atoms with Crippen molar-refractivity contribution >= 4 is 22.4 Å². The lowest BCUT2D eigenvalue weighted by molar-refractivity contribution is 0.102. The Morgan fingerprint density at radius 2 is 2.04 bits per heavy atom. The van der Waals surface area contributed by atoms with Gasteiger partial charge < -0.3 is 0 Å². The Kier molecular flexibility index (Phi) is 3.42. The lowest BCUT2D eigenvalue weighted by Crippen LogP contribution is -2.13. The first-order valence-electron chi connectivity index (χ1n) is 7.27. The summed E-state index contributed by atoms with van der Waals surface area (Å²) in [6, 6.07) is 7.53. The van der Waals surface area contributed by atoms with Crippen molar-refractivity contribution in [2.45, 2.75) is 18.8 Å². The fourth-order valence-electron chi connectivity index (χ4n) is 2.25. The van der Waals surface area contributed by atoms with Gasteiger partial charge in [-0.2, -0.15) is 5.10 Å². The number of hydrogen-bond donors (Lipinski definition) is 1. The van der Waals surface area contributed by atoms with E-state index in [1.807, 2.05) is 5.38 Å². The summed E-state index contributed by atoms with van der Waals surface area (Å²) in [7, 11) is 0. The predicted molar refractivity (Wildman–Crippen MR) is 85.6 cm³/mol. The van der Waals surface area contributed by atoms with Crippen molar-refractivity contribution in [1.82, 2.24) is 14.8 Å². The summed E-state index contributed by atoms with van der Waals surface area (Å²) in [4.78, 5) is 16.7. The first kappa shape index (κ1) is 14.1. The maximum atomic E-state index is 12.9. The van der Waals surface area contributed by atoms with Crippen LogP contribution in [0.3, 0.4) is 0 Å². The SMILES string of the molecule is O=C(Nc1nc(C2CC2)cs1)c1ccn(-c2ccc(F)cc2)n1. The zero-order valence-corrected chi connectivity index (χ0v) is 12.9. The van der Waals surface area contributed by atoms with Gasteiger partial charge in [0, 0.05) is 17.5 Å². The second-order valence-corrected chi connectivity index (χ2v) is 6.29. The highest BCUT2D eigenvalue weighted by Crippen LogP contribution is 2.40. The molecule has 0 unspecified atom stereocenters. The van der Waals surface area contributed by atoms with E-state index < -0.39 is 0 Å². The van der Waals surface area contributed by atoms with E-state index in [-0.39, 0.29) is 17.4 Å². The lowest BCUT2D eigenvalue weighted by atomic mass is 10.3. The first-order chi connectivity index (χ1) is 11.2. The van der Waals surface area contributed by atoms with Gasteiger partial charge in [0.05, 0.1) is 11.4 Å². The molecular formula is C16H13FN4OS. The molecule has 7 heteroatoms. The van der Waals surface area contributed by atoms with Gasteiger partial charge >= 0.3 is 0 Å². The average Bonchev–Trinajstić information content (AvgIpc) is 3.10. The van der Waals surface area contributed by atoms with Crippen molar-refractivity contribution in [2.75, 3.05) is 5.32 Å². The van der Waals surface area contributed by atoms with Gasteiger partial charge in [0.25, 0.3) is 5.91 Å². The Bertz CT molecular complexity index is 851. The molecule has 0 saturated heterocycles. The van der Waals surface area contributed by atoms with Gasteiger partial charge in [-0.15, -0.1) is 11.3 Å². The molecule has 23 heavy (non-hydrogen) atoms. The molecule has 1 aromatic carbocycles. The van der Waals surface area contributed by atoms with Gasteiger partial charge in [-0.3, -0.25) is 10.1 Å². The molecule has 4 rings (SSSR count). The molecule has 0 aliphatic heterocycles. The molecule has 1 fully saturated rings. The maximum absolute atomic E-state index is 12.9. The third kappa shape index (κ3) is 3.00. The Morgan fingerprint density at radius 1 is 1.26 bits per heavy atom. The van der Waals surface area contributed by atoms with Gasteiger partial charge in [0.15, 0.2) is 10.8 Å². The number of aromatic nitrogens is 3.